The number of carbonyl (C=O) groups is 1. The second-order valence-corrected chi connectivity index (χ2v) is 6.45. The van der Waals surface area contributed by atoms with Crippen molar-refractivity contribution in [2.45, 2.75) is 19.8 Å². The molecule has 0 radical (unpaired) electrons. The fourth-order valence-corrected chi connectivity index (χ4v) is 3.42. The van der Waals surface area contributed by atoms with Gasteiger partial charge < -0.3 is 14.9 Å². The van der Waals surface area contributed by atoms with Gasteiger partial charge in [0.25, 0.3) is 0 Å². The van der Waals surface area contributed by atoms with Crippen LogP contribution < -0.4 is 0 Å². The SMILES string of the molecule is CCc1nc(CCN2CCN(C)CC2)sc1/C=C/C(=O)O. The van der Waals surface area contributed by atoms with E-state index in [9.17, 15) is 4.79 Å². The number of aryl methyl sites for hydroxylation is 1. The standard InChI is InChI=1S/C15H23N3O2S/c1-3-12-13(4-5-15(19)20)21-14(16-12)6-7-18-10-8-17(2)9-11-18/h4-5H,3,6-11H2,1-2H3,(H,19,20)/b5-4+. The first kappa shape index (κ1) is 16.1. The summed E-state index contributed by atoms with van der Waals surface area (Å²) in [5.41, 5.74) is 1.01. The zero-order valence-electron chi connectivity index (χ0n) is 12.7. The maximum atomic E-state index is 10.6. The van der Waals surface area contributed by atoms with Crippen molar-refractivity contribution in [3.05, 3.63) is 21.7 Å². The summed E-state index contributed by atoms with van der Waals surface area (Å²) in [7, 11) is 2.16. The van der Waals surface area contributed by atoms with Gasteiger partial charge in [0, 0.05) is 45.2 Å². The van der Waals surface area contributed by atoms with E-state index in [1.807, 2.05) is 0 Å². The first-order valence-electron chi connectivity index (χ1n) is 7.39. The van der Waals surface area contributed by atoms with Gasteiger partial charge in [0.05, 0.1) is 15.6 Å². The number of thiazole rings is 1. The summed E-state index contributed by atoms with van der Waals surface area (Å²) < 4.78 is 0. The van der Waals surface area contributed by atoms with Gasteiger partial charge in [-0.2, -0.15) is 0 Å². The lowest BCUT2D eigenvalue weighted by Crippen LogP contribution is -2.45. The summed E-state index contributed by atoms with van der Waals surface area (Å²) in [4.78, 5) is 21.1. The smallest absolute Gasteiger partial charge is 0.328 e. The van der Waals surface area contributed by atoms with Gasteiger partial charge in [0.15, 0.2) is 0 Å². The van der Waals surface area contributed by atoms with Crippen LogP contribution in [0.25, 0.3) is 6.08 Å². The fraction of sp³-hybridized carbons (Fsp3) is 0.600. The van der Waals surface area contributed by atoms with Crippen LogP contribution in [-0.2, 0) is 17.6 Å². The molecule has 1 aromatic heterocycles. The second kappa shape index (κ2) is 7.68. The highest BCUT2D eigenvalue weighted by molar-refractivity contribution is 7.12. The Balaban J connectivity index is 1.92. The molecular weight excluding hydrogens is 286 g/mol. The van der Waals surface area contributed by atoms with Crippen LogP contribution >= 0.6 is 11.3 Å². The molecule has 1 N–H and O–H groups in total. The van der Waals surface area contributed by atoms with Crippen molar-refractivity contribution in [2.24, 2.45) is 0 Å². The van der Waals surface area contributed by atoms with E-state index in [0.717, 1.165) is 61.1 Å². The molecule has 0 amide bonds. The normalized spacial score (nSPS) is 17.6. The third kappa shape index (κ3) is 4.91. The van der Waals surface area contributed by atoms with E-state index in [1.54, 1.807) is 17.4 Å². The summed E-state index contributed by atoms with van der Waals surface area (Å²) in [6.45, 7) is 7.59. The number of likely N-dealkylation sites (N-methyl/N-ethyl adjacent to an activating group) is 1. The monoisotopic (exact) mass is 309 g/mol. The summed E-state index contributed by atoms with van der Waals surface area (Å²) in [5.74, 6) is -0.913. The van der Waals surface area contributed by atoms with Gasteiger partial charge in [-0.05, 0) is 19.5 Å². The quantitative estimate of drug-likeness (QED) is 0.809. The van der Waals surface area contributed by atoms with Crippen LogP contribution in [0.1, 0.15) is 22.5 Å². The summed E-state index contributed by atoms with van der Waals surface area (Å²) in [6, 6.07) is 0. The average Bonchev–Trinajstić information content (AvgIpc) is 2.87. The van der Waals surface area contributed by atoms with Gasteiger partial charge >= 0.3 is 5.97 Å². The third-order valence-electron chi connectivity index (χ3n) is 3.72. The van der Waals surface area contributed by atoms with Crippen molar-refractivity contribution in [3.63, 3.8) is 0 Å². The van der Waals surface area contributed by atoms with Crippen molar-refractivity contribution < 1.29 is 9.90 Å². The van der Waals surface area contributed by atoms with E-state index < -0.39 is 5.97 Å². The lowest BCUT2D eigenvalue weighted by molar-refractivity contribution is -0.131. The zero-order valence-corrected chi connectivity index (χ0v) is 13.5. The summed E-state index contributed by atoms with van der Waals surface area (Å²) in [5, 5.41) is 9.83. The molecule has 2 heterocycles. The van der Waals surface area contributed by atoms with Crippen LogP contribution in [0, 0.1) is 0 Å². The molecule has 116 valence electrons. The minimum atomic E-state index is -0.913. The van der Waals surface area contributed by atoms with Crippen LogP contribution in [0.2, 0.25) is 0 Å². The van der Waals surface area contributed by atoms with Crippen molar-refractivity contribution in [3.8, 4) is 0 Å². The second-order valence-electron chi connectivity index (χ2n) is 5.34. The van der Waals surface area contributed by atoms with Gasteiger partial charge in [-0.25, -0.2) is 9.78 Å². The maximum Gasteiger partial charge on any atom is 0.328 e. The molecule has 0 spiro atoms. The molecule has 21 heavy (non-hydrogen) atoms. The molecule has 0 saturated carbocycles. The number of carboxylic acids is 1. The van der Waals surface area contributed by atoms with Crippen molar-refractivity contribution in [1.29, 1.82) is 0 Å². The van der Waals surface area contributed by atoms with Gasteiger partial charge in [0.2, 0.25) is 0 Å². The van der Waals surface area contributed by atoms with Crippen molar-refractivity contribution in [2.75, 3.05) is 39.8 Å². The largest absolute Gasteiger partial charge is 0.478 e. The topological polar surface area (TPSA) is 56.7 Å². The summed E-state index contributed by atoms with van der Waals surface area (Å²) >= 11 is 1.62. The van der Waals surface area contributed by atoms with E-state index in [4.69, 9.17) is 5.11 Å². The van der Waals surface area contributed by atoms with Gasteiger partial charge in [-0.3, -0.25) is 0 Å². The van der Waals surface area contributed by atoms with E-state index in [-0.39, 0.29) is 0 Å². The molecule has 0 aliphatic carbocycles. The van der Waals surface area contributed by atoms with E-state index in [0.29, 0.717) is 0 Å². The highest BCUT2D eigenvalue weighted by Gasteiger charge is 2.14. The number of piperazine rings is 1. The Morgan fingerprint density at radius 3 is 2.71 bits per heavy atom. The molecule has 0 bridgehead atoms. The number of nitrogens with zero attached hydrogens (tertiary/aromatic N) is 3. The Kier molecular flexibility index (Phi) is 5.90. The molecule has 1 aliphatic rings. The van der Waals surface area contributed by atoms with Crippen LogP contribution in [-0.4, -0.2) is 65.6 Å². The van der Waals surface area contributed by atoms with Gasteiger partial charge in [0.1, 0.15) is 0 Å². The number of hydrogen-bond acceptors (Lipinski definition) is 5. The van der Waals surface area contributed by atoms with Crippen LogP contribution in [0.5, 0.6) is 0 Å². The van der Waals surface area contributed by atoms with Crippen molar-refractivity contribution >= 4 is 23.4 Å². The number of hydrogen-bond donors (Lipinski definition) is 1. The molecule has 0 unspecified atom stereocenters. The average molecular weight is 309 g/mol. The molecule has 6 heteroatoms. The Hall–Kier alpha value is -1.24. The number of aromatic nitrogens is 1. The maximum absolute atomic E-state index is 10.6. The highest BCUT2D eigenvalue weighted by atomic mass is 32.1. The number of carboxylic acid groups (broad SMARTS) is 1. The fourth-order valence-electron chi connectivity index (χ4n) is 2.38. The van der Waals surface area contributed by atoms with Gasteiger partial charge in [-0.15, -0.1) is 11.3 Å². The van der Waals surface area contributed by atoms with Crippen molar-refractivity contribution in [1.82, 2.24) is 14.8 Å². The first-order chi connectivity index (χ1) is 10.1. The molecule has 0 atom stereocenters. The lowest BCUT2D eigenvalue weighted by Gasteiger charge is -2.32. The zero-order chi connectivity index (χ0) is 15.2. The van der Waals surface area contributed by atoms with Crippen LogP contribution in [0.3, 0.4) is 0 Å². The van der Waals surface area contributed by atoms with E-state index in [1.165, 1.54) is 6.08 Å². The Morgan fingerprint density at radius 1 is 1.38 bits per heavy atom. The predicted octanol–water partition coefficient (Wildman–Crippen LogP) is 1.59. The molecule has 1 saturated heterocycles. The minimum absolute atomic E-state index is 0.838. The van der Waals surface area contributed by atoms with Crippen LogP contribution in [0.4, 0.5) is 0 Å². The summed E-state index contributed by atoms with van der Waals surface area (Å²) in [6.07, 6.45) is 4.64. The third-order valence-corrected chi connectivity index (χ3v) is 4.84. The first-order valence-corrected chi connectivity index (χ1v) is 8.20. The molecule has 2 rings (SSSR count). The van der Waals surface area contributed by atoms with E-state index >= 15 is 0 Å². The Labute approximate surface area is 129 Å². The van der Waals surface area contributed by atoms with Gasteiger partial charge in [-0.1, -0.05) is 6.92 Å². The Morgan fingerprint density at radius 2 is 2.10 bits per heavy atom. The van der Waals surface area contributed by atoms with E-state index in [2.05, 4.69) is 28.8 Å². The molecule has 1 aliphatic heterocycles. The Bertz CT molecular complexity index is 505. The molecule has 1 fully saturated rings. The number of aliphatic carboxylic acids is 1. The lowest BCUT2D eigenvalue weighted by atomic mass is 10.2. The molecule has 5 nitrogen and oxygen atoms in total. The van der Waals surface area contributed by atoms with Crippen LogP contribution in [0.15, 0.2) is 6.08 Å². The molecule has 0 aromatic carbocycles. The molecular formula is C15H23N3O2S. The number of rotatable bonds is 6. The highest BCUT2D eigenvalue weighted by Crippen LogP contribution is 2.21. The minimum Gasteiger partial charge on any atom is -0.478 e. The predicted molar refractivity (Wildman–Crippen MR) is 85.8 cm³/mol. The molecule has 1 aromatic rings.